The molecule has 0 spiro atoms. The predicted molar refractivity (Wildman–Crippen MR) is 83.4 cm³/mol. The number of phenolic OH excluding ortho intramolecular Hbond substituents is 1. The van der Waals surface area contributed by atoms with Crippen molar-refractivity contribution in [1.29, 1.82) is 0 Å². The summed E-state index contributed by atoms with van der Waals surface area (Å²) in [7, 11) is 0. The molecule has 108 valence electrons. The molecule has 0 fully saturated rings. The van der Waals surface area contributed by atoms with Crippen LogP contribution in [0, 0.1) is 20.9 Å². The van der Waals surface area contributed by atoms with Crippen molar-refractivity contribution in [1.82, 2.24) is 0 Å². The van der Waals surface area contributed by atoms with Gasteiger partial charge in [-0.15, -0.1) is 0 Å². The van der Waals surface area contributed by atoms with Crippen LogP contribution in [-0.2, 0) is 0 Å². The minimum Gasteiger partial charge on any atom is -0.508 e. The van der Waals surface area contributed by atoms with Crippen molar-refractivity contribution in [3.8, 4) is 5.75 Å². The number of fused-ring (bicyclic) bond motifs is 4. The SMILES string of the molecule is O=Cc1c2c(cc3c1=c1cc(O)ccc1=N3)=c1ccccc1=N2. The van der Waals surface area contributed by atoms with Crippen molar-refractivity contribution in [2.24, 2.45) is 9.98 Å². The van der Waals surface area contributed by atoms with Gasteiger partial charge in [0.15, 0.2) is 6.29 Å². The highest BCUT2D eigenvalue weighted by atomic mass is 16.3. The van der Waals surface area contributed by atoms with E-state index in [-0.39, 0.29) is 5.75 Å². The van der Waals surface area contributed by atoms with Gasteiger partial charge in [0.2, 0.25) is 0 Å². The Kier molecular flexibility index (Phi) is 2.21. The lowest BCUT2D eigenvalue weighted by Crippen LogP contribution is -1.98. The lowest BCUT2D eigenvalue weighted by atomic mass is 10.1. The predicted octanol–water partition coefficient (Wildman–Crippen LogP) is 2.31. The number of aromatic hydroxyl groups is 1. The summed E-state index contributed by atoms with van der Waals surface area (Å²) in [6.45, 7) is 0. The molecule has 2 aliphatic rings. The van der Waals surface area contributed by atoms with Crippen LogP contribution in [0.2, 0.25) is 0 Å². The summed E-state index contributed by atoms with van der Waals surface area (Å²) in [6, 6.07) is 14.8. The van der Waals surface area contributed by atoms with E-state index >= 15 is 0 Å². The van der Waals surface area contributed by atoms with E-state index in [1.165, 1.54) is 0 Å². The summed E-state index contributed by atoms with van der Waals surface area (Å²) in [4.78, 5) is 21.0. The van der Waals surface area contributed by atoms with Crippen LogP contribution in [-0.4, -0.2) is 11.4 Å². The van der Waals surface area contributed by atoms with Gasteiger partial charge in [-0.1, -0.05) is 18.2 Å². The van der Waals surface area contributed by atoms with Crippen LogP contribution in [0.3, 0.4) is 0 Å². The molecule has 0 radical (unpaired) electrons. The third-order valence-corrected chi connectivity index (χ3v) is 4.35. The highest BCUT2D eigenvalue weighted by Crippen LogP contribution is 2.31. The largest absolute Gasteiger partial charge is 0.508 e. The Bertz CT molecular complexity index is 1340. The van der Waals surface area contributed by atoms with Crippen LogP contribution < -0.4 is 10.7 Å². The number of hydrogen-bond acceptors (Lipinski definition) is 4. The van der Waals surface area contributed by atoms with Gasteiger partial charge in [-0.25, -0.2) is 9.98 Å². The van der Waals surface area contributed by atoms with Crippen molar-refractivity contribution in [2.45, 2.75) is 0 Å². The van der Waals surface area contributed by atoms with Crippen LogP contribution in [0.5, 0.6) is 5.75 Å². The number of hydrogen-bond donors (Lipinski definition) is 1. The molecule has 0 saturated heterocycles. The summed E-state index contributed by atoms with van der Waals surface area (Å²) < 4.78 is 0. The van der Waals surface area contributed by atoms with E-state index in [4.69, 9.17) is 0 Å². The molecule has 0 atom stereocenters. The van der Waals surface area contributed by atoms with E-state index in [2.05, 4.69) is 9.98 Å². The van der Waals surface area contributed by atoms with Crippen molar-refractivity contribution >= 4 is 17.7 Å². The van der Waals surface area contributed by atoms with Gasteiger partial charge in [0.25, 0.3) is 0 Å². The molecular weight excluding hydrogens is 288 g/mol. The maximum atomic E-state index is 11.8. The second kappa shape index (κ2) is 4.14. The topological polar surface area (TPSA) is 62.0 Å². The van der Waals surface area contributed by atoms with Gasteiger partial charge in [-0.05, 0) is 30.3 Å². The molecule has 5 rings (SSSR count). The van der Waals surface area contributed by atoms with Crippen LogP contribution in [0.1, 0.15) is 10.4 Å². The summed E-state index contributed by atoms with van der Waals surface area (Å²) in [6.07, 6.45) is 0.835. The Morgan fingerprint density at radius 2 is 1.70 bits per heavy atom. The van der Waals surface area contributed by atoms with E-state index in [9.17, 15) is 9.90 Å². The lowest BCUT2D eigenvalue weighted by molar-refractivity contribution is 0.112. The number of phenols is 1. The van der Waals surface area contributed by atoms with Gasteiger partial charge in [0, 0.05) is 20.9 Å². The molecule has 0 aliphatic carbocycles. The minimum absolute atomic E-state index is 0.157. The first-order chi connectivity index (χ1) is 11.3. The number of aldehydes is 1. The standard InChI is InChI=1S/C19H10N2O2/c22-9-14-18-13-7-10(23)5-6-16(13)20-17(18)8-12-11-3-1-2-4-15(11)21-19(12)14/h1-9,23H. The second-order valence-corrected chi connectivity index (χ2v) is 5.64. The zero-order valence-corrected chi connectivity index (χ0v) is 11.9. The fourth-order valence-corrected chi connectivity index (χ4v) is 3.36. The van der Waals surface area contributed by atoms with E-state index in [0.717, 1.165) is 43.6 Å². The highest BCUT2D eigenvalue weighted by molar-refractivity contribution is 5.86. The molecule has 1 N–H and O–H groups in total. The first kappa shape index (κ1) is 12.3. The van der Waals surface area contributed by atoms with Crippen LogP contribution in [0.4, 0.5) is 11.4 Å². The molecule has 0 amide bonds. The van der Waals surface area contributed by atoms with E-state index < -0.39 is 0 Å². The molecule has 0 saturated carbocycles. The second-order valence-electron chi connectivity index (χ2n) is 5.64. The van der Waals surface area contributed by atoms with E-state index in [0.29, 0.717) is 11.3 Å². The molecule has 2 heterocycles. The zero-order valence-electron chi connectivity index (χ0n) is 11.9. The lowest BCUT2D eigenvalue weighted by Gasteiger charge is -2.00. The highest BCUT2D eigenvalue weighted by Gasteiger charge is 2.17. The summed E-state index contributed by atoms with van der Waals surface area (Å²) in [5.41, 5.74) is 1.96. The molecule has 0 aromatic heterocycles. The smallest absolute Gasteiger partial charge is 0.152 e. The number of carbonyl (C=O) groups is 1. The molecule has 3 aromatic carbocycles. The van der Waals surface area contributed by atoms with E-state index in [1.54, 1.807) is 18.2 Å². The van der Waals surface area contributed by atoms with Gasteiger partial charge < -0.3 is 5.11 Å². The minimum atomic E-state index is 0.157. The average molecular weight is 298 g/mol. The summed E-state index contributed by atoms with van der Waals surface area (Å²) >= 11 is 0. The van der Waals surface area contributed by atoms with Gasteiger partial charge in [-0.3, -0.25) is 4.79 Å². The van der Waals surface area contributed by atoms with Gasteiger partial charge in [-0.2, -0.15) is 0 Å². The van der Waals surface area contributed by atoms with Gasteiger partial charge >= 0.3 is 0 Å². The summed E-state index contributed by atoms with van der Waals surface area (Å²) in [5.74, 6) is 0.157. The normalized spacial score (nSPS) is 12.5. The fraction of sp³-hybridized carbons (Fsp3) is 0. The number of carbonyl (C=O) groups excluding carboxylic acids is 1. The Labute approximate surface area is 129 Å². The van der Waals surface area contributed by atoms with Crippen molar-refractivity contribution in [2.75, 3.05) is 0 Å². The molecule has 2 aliphatic heterocycles. The molecule has 23 heavy (non-hydrogen) atoms. The Hall–Kier alpha value is -3.27. The number of nitrogens with zero attached hydrogens (tertiary/aromatic N) is 2. The summed E-state index contributed by atoms with van der Waals surface area (Å²) in [5, 5.41) is 14.9. The van der Waals surface area contributed by atoms with Crippen LogP contribution in [0.25, 0.3) is 0 Å². The quantitative estimate of drug-likeness (QED) is 0.483. The Morgan fingerprint density at radius 1 is 0.870 bits per heavy atom. The molecular formula is C19H10N2O2. The van der Waals surface area contributed by atoms with Crippen LogP contribution >= 0.6 is 0 Å². The number of para-hydroxylation sites is 1. The molecule has 3 aromatic rings. The zero-order chi connectivity index (χ0) is 15.6. The van der Waals surface area contributed by atoms with E-state index in [1.807, 2.05) is 30.3 Å². The first-order valence-corrected chi connectivity index (χ1v) is 7.29. The number of benzene rings is 3. The molecule has 0 bridgehead atoms. The maximum Gasteiger partial charge on any atom is 0.152 e. The third kappa shape index (κ3) is 1.52. The Morgan fingerprint density at radius 3 is 2.57 bits per heavy atom. The average Bonchev–Trinajstić information content (AvgIpc) is 3.10. The van der Waals surface area contributed by atoms with Crippen molar-refractivity contribution < 1.29 is 9.90 Å². The number of rotatable bonds is 1. The fourth-order valence-electron chi connectivity index (χ4n) is 3.36. The van der Waals surface area contributed by atoms with Gasteiger partial charge in [0.1, 0.15) is 5.75 Å². The molecule has 0 unspecified atom stereocenters. The third-order valence-electron chi connectivity index (χ3n) is 4.35. The Balaban J connectivity index is 2.12. The maximum absolute atomic E-state index is 11.8. The van der Waals surface area contributed by atoms with Crippen molar-refractivity contribution in [3.63, 3.8) is 0 Å². The first-order valence-electron chi connectivity index (χ1n) is 7.29. The molecule has 4 heteroatoms. The van der Waals surface area contributed by atoms with Gasteiger partial charge in [0.05, 0.1) is 27.7 Å². The molecule has 4 nitrogen and oxygen atoms in total. The van der Waals surface area contributed by atoms with Crippen molar-refractivity contribution in [3.05, 3.63) is 85.7 Å². The monoisotopic (exact) mass is 298 g/mol. The van der Waals surface area contributed by atoms with Crippen LogP contribution in [0.15, 0.2) is 58.5 Å².